The minimum atomic E-state index is -4.75. The number of nitrogens with two attached hydrogens (primary N) is 1. The molecule has 0 heterocycles. The molecule has 0 aliphatic carbocycles. The number of rotatable bonds is 6. The molecule has 2 atom stereocenters. The van der Waals surface area contributed by atoms with Crippen LogP contribution in [0.5, 0.6) is 5.75 Å². The SMILES string of the molecule is CCOC(C)(CC)C(N)c1ccccc1OC(F)(F)F. The van der Waals surface area contributed by atoms with Crippen molar-refractivity contribution in [2.75, 3.05) is 6.61 Å². The number of benzene rings is 1. The zero-order valence-electron chi connectivity index (χ0n) is 11.8. The van der Waals surface area contributed by atoms with Gasteiger partial charge in [-0.1, -0.05) is 25.1 Å². The zero-order valence-corrected chi connectivity index (χ0v) is 11.8. The molecule has 0 aliphatic rings. The lowest BCUT2D eigenvalue weighted by Gasteiger charge is -2.35. The van der Waals surface area contributed by atoms with E-state index in [-0.39, 0.29) is 11.3 Å². The maximum atomic E-state index is 12.4. The van der Waals surface area contributed by atoms with Crippen LogP contribution in [0.3, 0.4) is 0 Å². The van der Waals surface area contributed by atoms with Crippen LogP contribution >= 0.6 is 0 Å². The van der Waals surface area contributed by atoms with Gasteiger partial charge in [0.25, 0.3) is 0 Å². The Bertz CT molecular complexity index is 437. The number of hydrogen-bond donors (Lipinski definition) is 1. The van der Waals surface area contributed by atoms with Crippen molar-refractivity contribution in [3.63, 3.8) is 0 Å². The fraction of sp³-hybridized carbons (Fsp3) is 0.571. The lowest BCUT2D eigenvalue weighted by molar-refractivity contribution is -0.275. The highest BCUT2D eigenvalue weighted by atomic mass is 19.4. The van der Waals surface area contributed by atoms with Crippen molar-refractivity contribution in [2.24, 2.45) is 5.73 Å². The number of ether oxygens (including phenoxy) is 2. The van der Waals surface area contributed by atoms with Gasteiger partial charge in [-0.3, -0.25) is 0 Å². The summed E-state index contributed by atoms with van der Waals surface area (Å²) in [5, 5.41) is 0. The highest BCUT2D eigenvalue weighted by Gasteiger charge is 2.37. The van der Waals surface area contributed by atoms with E-state index in [1.165, 1.54) is 18.2 Å². The molecule has 0 spiro atoms. The number of hydrogen-bond acceptors (Lipinski definition) is 3. The average Bonchev–Trinajstić information content (AvgIpc) is 2.37. The highest BCUT2D eigenvalue weighted by molar-refractivity contribution is 5.37. The molecule has 3 nitrogen and oxygen atoms in total. The molecule has 1 rings (SSSR count). The number of halogens is 3. The molecule has 20 heavy (non-hydrogen) atoms. The van der Waals surface area contributed by atoms with Crippen molar-refractivity contribution >= 4 is 0 Å². The Morgan fingerprint density at radius 1 is 1.20 bits per heavy atom. The summed E-state index contributed by atoms with van der Waals surface area (Å²) in [5.74, 6) is -0.285. The predicted molar refractivity (Wildman–Crippen MR) is 70.4 cm³/mol. The van der Waals surface area contributed by atoms with Crippen molar-refractivity contribution in [1.29, 1.82) is 0 Å². The van der Waals surface area contributed by atoms with Crippen LogP contribution in [0.1, 0.15) is 38.8 Å². The quantitative estimate of drug-likeness (QED) is 0.867. The van der Waals surface area contributed by atoms with Crippen molar-refractivity contribution in [2.45, 2.75) is 45.2 Å². The standard InChI is InChI=1S/C14H20F3NO2/c1-4-13(3,19-5-2)12(18)10-8-6-7-9-11(10)20-14(15,16)17/h6-9,12H,4-5,18H2,1-3H3. The summed E-state index contributed by atoms with van der Waals surface area (Å²) in [5.41, 5.74) is 5.65. The monoisotopic (exact) mass is 291 g/mol. The van der Waals surface area contributed by atoms with Crippen molar-refractivity contribution in [1.82, 2.24) is 0 Å². The van der Waals surface area contributed by atoms with Gasteiger partial charge in [0.1, 0.15) is 5.75 Å². The first-order valence-electron chi connectivity index (χ1n) is 6.47. The van der Waals surface area contributed by atoms with Gasteiger partial charge in [-0.15, -0.1) is 13.2 Å². The third-order valence-electron chi connectivity index (χ3n) is 3.31. The van der Waals surface area contributed by atoms with E-state index >= 15 is 0 Å². The summed E-state index contributed by atoms with van der Waals surface area (Å²) in [7, 11) is 0. The van der Waals surface area contributed by atoms with Crippen LogP contribution in [0.2, 0.25) is 0 Å². The van der Waals surface area contributed by atoms with Crippen LogP contribution in [0.4, 0.5) is 13.2 Å². The third kappa shape index (κ3) is 4.11. The Hall–Kier alpha value is -1.27. The Kier molecular flexibility index (Phi) is 5.42. The van der Waals surface area contributed by atoms with Gasteiger partial charge in [-0.05, 0) is 26.3 Å². The van der Waals surface area contributed by atoms with Gasteiger partial charge in [-0.25, -0.2) is 0 Å². The topological polar surface area (TPSA) is 44.5 Å². The van der Waals surface area contributed by atoms with Gasteiger partial charge in [0.05, 0.1) is 11.6 Å². The van der Waals surface area contributed by atoms with Crippen molar-refractivity contribution < 1.29 is 22.6 Å². The molecular formula is C14H20F3NO2. The molecule has 0 aromatic heterocycles. The smallest absolute Gasteiger partial charge is 0.405 e. The van der Waals surface area contributed by atoms with Crippen LogP contribution in [-0.2, 0) is 4.74 Å². The summed E-state index contributed by atoms with van der Waals surface area (Å²) in [6.07, 6.45) is -4.17. The van der Waals surface area contributed by atoms with E-state index in [0.717, 1.165) is 0 Å². The van der Waals surface area contributed by atoms with E-state index in [4.69, 9.17) is 10.5 Å². The van der Waals surface area contributed by atoms with E-state index in [9.17, 15) is 13.2 Å². The molecule has 0 saturated carbocycles. The Morgan fingerprint density at radius 2 is 1.80 bits per heavy atom. The molecule has 2 N–H and O–H groups in total. The lowest BCUT2D eigenvalue weighted by Crippen LogP contribution is -2.41. The van der Waals surface area contributed by atoms with E-state index in [0.29, 0.717) is 13.0 Å². The number of alkyl halides is 3. The minimum absolute atomic E-state index is 0.280. The van der Waals surface area contributed by atoms with Crippen LogP contribution in [-0.4, -0.2) is 18.6 Å². The Labute approximate surface area is 116 Å². The lowest BCUT2D eigenvalue weighted by atomic mass is 9.88. The van der Waals surface area contributed by atoms with Gasteiger partial charge in [-0.2, -0.15) is 0 Å². The maximum Gasteiger partial charge on any atom is 0.573 e. The van der Waals surface area contributed by atoms with E-state index in [1.54, 1.807) is 13.0 Å². The summed E-state index contributed by atoms with van der Waals surface area (Å²) in [6, 6.07) is 5.16. The van der Waals surface area contributed by atoms with Gasteiger partial charge >= 0.3 is 6.36 Å². The molecule has 0 aliphatic heterocycles. The predicted octanol–water partition coefficient (Wildman–Crippen LogP) is 3.79. The van der Waals surface area contributed by atoms with Crippen molar-refractivity contribution in [3.8, 4) is 5.75 Å². The van der Waals surface area contributed by atoms with Crippen LogP contribution < -0.4 is 10.5 Å². The molecule has 114 valence electrons. The van der Waals surface area contributed by atoms with Gasteiger partial charge in [0.2, 0.25) is 0 Å². The van der Waals surface area contributed by atoms with Crippen LogP contribution in [0, 0.1) is 0 Å². The van der Waals surface area contributed by atoms with Crippen molar-refractivity contribution in [3.05, 3.63) is 29.8 Å². The minimum Gasteiger partial charge on any atom is -0.405 e. The molecule has 1 aromatic carbocycles. The fourth-order valence-corrected chi connectivity index (χ4v) is 2.03. The van der Waals surface area contributed by atoms with E-state index in [2.05, 4.69) is 4.74 Å². The maximum absolute atomic E-state index is 12.4. The second-order valence-electron chi connectivity index (χ2n) is 4.66. The fourth-order valence-electron chi connectivity index (χ4n) is 2.03. The van der Waals surface area contributed by atoms with Gasteiger partial charge in [0.15, 0.2) is 0 Å². The molecule has 2 unspecified atom stereocenters. The first-order valence-corrected chi connectivity index (χ1v) is 6.47. The summed E-state index contributed by atoms with van der Waals surface area (Å²) >= 11 is 0. The first-order chi connectivity index (χ1) is 9.23. The first kappa shape index (κ1) is 16.8. The van der Waals surface area contributed by atoms with Gasteiger partial charge in [0, 0.05) is 12.2 Å². The summed E-state index contributed by atoms with van der Waals surface area (Å²) in [4.78, 5) is 0. The summed E-state index contributed by atoms with van der Waals surface area (Å²) in [6.45, 7) is 5.91. The molecule has 6 heteroatoms. The largest absolute Gasteiger partial charge is 0.573 e. The Balaban J connectivity index is 3.12. The second-order valence-corrected chi connectivity index (χ2v) is 4.66. The molecule has 1 aromatic rings. The Morgan fingerprint density at radius 3 is 2.30 bits per heavy atom. The van der Waals surface area contributed by atoms with Crippen LogP contribution in [0.25, 0.3) is 0 Å². The zero-order chi connectivity index (χ0) is 15.4. The van der Waals surface area contributed by atoms with E-state index in [1.807, 2.05) is 13.8 Å². The van der Waals surface area contributed by atoms with Crippen LogP contribution in [0.15, 0.2) is 24.3 Å². The normalized spacial score (nSPS) is 16.6. The molecular weight excluding hydrogens is 271 g/mol. The third-order valence-corrected chi connectivity index (χ3v) is 3.31. The second kappa shape index (κ2) is 6.45. The molecule has 0 saturated heterocycles. The molecule has 0 amide bonds. The molecule has 0 radical (unpaired) electrons. The summed E-state index contributed by atoms with van der Waals surface area (Å²) < 4.78 is 46.9. The molecule has 0 bridgehead atoms. The van der Waals surface area contributed by atoms with E-state index < -0.39 is 18.0 Å². The number of para-hydroxylation sites is 1. The average molecular weight is 291 g/mol. The molecule has 0 fully saturated rings. The highest BCUT2D eigenvalue weighted by Crippen LogP contribution is 2.36. The van der Waals surface area contributed by atoms with Gasteiger partial charge < -0.3 is 15.2 Å².